The maximum Gasteiger partial charge on any atom is 0.254 e. The molecule has 3 aromatic rings. The summed E-state index contributed by atoms with van der Waals surface area (Å²) in [5.41, 5.74) is 0.537. The van der Waals surface area contributed by atoms with E-state index >= 15 is 0 Å². The Balaban J connectivity index is 1.68. The van der Waals surface area contributed by atoms with Crippen molar-refractivity contribution in [3.05, 3.63) is 76.3 Å². The molecule has 0 unspecified atom stereocenters. The van der Waals surface area contributed by atoms with Gasteiger partial charge in [-0.3, -0.25) is 9.59 Å². The van der Waals surface area contributed by atoms with E-state index in [0.29, 0.717) is 28.1 Å². The van der Waals surface area contributed by atoms with Crippen molar-refractivity contribution in [1.82, 2.24) is 20.1 Å². The molecule has 1 heterocycles. The minimum atomic E-state index is -0.587. The van der Waals surface area contributed by atoms with Crippen LogP contribution in [0.25, 0.3) is 0 Å². The number of benzene rings is 2. The van der Waals surface area contributed by atoms with E-state index in [2.05, 4.69) is 15.5 Å². The van der Waals surface area contributed by atoms with Crippen molar-refractivity contribution >= 4 is 35.1 Å². The maximum atomic E-state index is 13.8. The number of aromatic nitrogens is 3. The fraction of sp³-hybridized carbons (Fsp3) is 0.238. The van der Waals surface area contributed by atoms with E-state index in [1.54, 1.807) is 37.3 Å². The van der Waals surface area contributed by atoms with Crippen molar-refractivity contribution in [2.24, 2.45) is 0 Å². The van der Waals surface area contributed by atoms with Gasteiger partial charge >= 0.3 is 0 Å². The summed E-state index contributed by atoms with van der Waals surface area (Å²) < 4.78 is 15.7. The zero-order valence-electron chi connectivity index (χ0n) is 16.4. The van der Waals surface area contributed by atoms with Gasteiger partial charge in [-0.2, -0.15) is 0 Å². The summed E-state index contributed by atoms with van der Waals surface area (Å²) in [5, 5.41) is 12.2. The molecule has 0 saturated carbocycles. The molecule has 2 aromatic carbocycles. The molecule has 3 rings (SSSR count). The number of hydrogen-bond acceptors (Lipinski definition) is 5. The molecule has 0 fully saturated rings. The predicted molar refractivity (Wildman–Crippen MR) is 114 cm³/mol. The molecule has 156 valence electrons. The second-order valence-corrected chi connectivity index (χ2v) is 7.86. The Bertz CT molecular complexity index is 1060. The van der Waals surface area contributed by atoms with E-state index in [0.717, 1.165) is 0 Å². The molecule has 0 bridgehead atoms. The zero-order chi connectivity index (χ0) is 21.7. The summed E-state index contributed by atoms with van der Waals surface area (Å²) in [4.78, 5) is 24.8. The molecule has 0 radical (unpaired) electrons. The Kier molecular flexibility index (Phi) is 7.23. The fourth-order valence-corrected chi connectivity index (χ4v) is 3.89. The highest BCUT2D eigenvalue weighted by Gasteiger charge is 2.21. The second-order valence-electron chi connectivity index (χ2n) is 6.48. The number of carbonyl (C=O) groups is 2. The minimum Gasteiger partial charge on any atom is -0.342 e. The highest BCUT2D eigenvalue weighted by atomic mass is 35.5. The highest BCUT2D eigenvalue weighted by molar-refractivity contribution is 7.99. The van der Waals surface area contributed by atoms with E-state index in [4.69, 9.17) is 11.6 Å². The molecular formula is C21H20ClFN4O2S. The lowest BCUT2D eigenvalue weighted by atomic mass is 10.1. The smallest absolute Gasteiger partial charge is 0.254 e. The van der Waals surface area contributed by atoms with Crippen LogP contribution in [0.5, 0.6) is 0 Å². The van der Waals surface area contributed by atoms with Crippen LogP contribution in [0.1, 0.15) is 46.4 Å². The molecule has 0 aliphatic rings. The molecule has 1 atom stereocenters. The van der Waals surface area contributed by atoms with Crippen LogP contribution in [0.15, 0.2) is 53.7 Å². The van der Waals surface area contributed by atoms with Crippen molar-refractivity contribution in [1.29, 1.82) is 0 Å². The second kappa shape index (κ2) is 9.86. The number of halogens is 2. The number of Topliss-reactive ketones (excluding diaryl/α,β-unsaturated/α-hetero) is 1. The molecule has 1 amide bonds. The van der Waals surface area contributed by atoms with Gasteiger partial charge in [-0.15, -0.1) is 10.2 Å². The summed E-state index contributed by atoms with van der Waals surface area (Å²) in [7, 11) is 0. The number of carbonyl (C=O) groups excluding carboxylic acids is 2. The van der Waals surface area contributed by atoms with E-state index < -0.39 is 17.8 Å². The first-order chi connectivity index (χ1) is 14.4. The predicted octanol–water partition coefficient (Wildman–Crippen LogP) is 4.56. The first-order valence-corrected chi connectivity index (χ1v) is 10.7. The monoisotopic (exact) mass is 446 g/mol. The Morgan fingerprint density at radius 2 is 1.87 bits per heavy atom. The Morgan fingerprint density at radius 1 is 1.17 bits per heavy atom. The minimum absolute atomic E-state index is 0.0323. The maximum absolute atomic E-state index is 13.8. The Labute approximate surface area is 182 Å². The molecule has 6 nitrogen and oxygen atoms in total. The molecule has 0 aliphatic heterocycles. The molecular weight excluding hydrogens is 427 g/mol. The lowest BCUT2D eigenvalue weighted by Gasteiger charge is -2.15. The van der Waals surface area contributed by atoms with Crippen LogP contribution in [0.4, 0.5) is 4.39 Å². The number of nitrogens with one attached hydrogen (secondary N) is 1. The van der Waals surface area contributed by atoms with Gasteiger partial charge < -0.3 is 9.88 Å². The van der Waals surface area contributed by atoms with Gasteiger partial charge in [0.2, 0.25) is 0 Å². The number of ketones is 1. The van der Waals surface area contributed by atoms with Crippen LogP contribution in [-0.4, -0.2) is 32.2 Å². The lowest BCUT2D eigenvalue weighted by molar-refractivity contribution is 0.0932. The summed E-state index contributed by atoms with van der Waals surface area (Å²) in [6.45, 7) is 4.23. The molecule has 0 saturated heterocycles. The van der Waals surface area contributed by atoms with E-state index in [1.165, 1.54) is 30.0 Å². The van der Waals surface area contributed by atoms with Gasteiger partial charge in [-0.1, -0.05) is 35.5 Å². The Hall–Kier alpha value is -2.71. The lowest BCUT2D eigenvalue weighted by Crippen LogP contribution is -2.29. The summed E-state index contributed by atoms with van der Waals surface area (Å²) >= 11 is 7.12. The SMILES string of the molecule is CCn1c(SCC(=O)c2ccc(Cl)cc2)nnc1[C@H](C)NC(=O)c1ccccc1F. The quantitative estimate of drug-likeness (QED) is 0.405. The van der Waals surface area contributed by atoms with Crippen LogP contribution >= 0.6 is 23.4 Å². The topological polar surface area (TPSA) is 76.9 Å². The van der Waals surface area contributed by atoms with Gasteiger partial charge in [0.25, 0.3) is 5.91 Å². The molecule has 0 spiro atoms. The van der Waals surface area contributed by atoms with Crippen LogP contribution < -0.4 is 5.32 Å². The third-order valence-corrected chi connectivity index (χ3v) is 5.63. The third kappa shape index (κ3) is 5.06. The summed E-state index contributed by atoms with van der Waals surface area (Å²) in [5.74, 6) is -0.446. The van der Waals surface area contributed by atoms with Gasteiger partial charge in [-0.05, 0) is 50.2 Å². The van der Waals surface area contributed by atoms with Crippen LogP contribution in [0.2, 0.25) is 5.02 Å². The van der Waals surface area contributed by atoms with Gasteiger partial charge in [0.05, 0.1) is 17.4 Å². The van der Waals surface area contributed by atoms with Crippen LogP contribution in [0.3, 0.4) is 0 Å². The van der Waals surface area contributed by atoms with Gasteiger partial charge in [0.1, 0.15) is 5.82 Å². The Morgan fingerprint density at radius 3 is 2.53 bits per heavy atom. The number of thioether (sulfide) groups is 1. The normalized spacial score (nSPS) is 11.9. The average Bonchev–Trinajstić information content (AvgIpc) is 3.15. The number of rotatable bonds is 8. The van der Waals surface area contributed by atoms with Crippen LogP contribution in [-0.2, 0) is 6.54 Å². The molecule has 1 aromatic heterocycles. The summed E-state index contributed by atoms with van der Waals surface area (Å²) in [6.07, 6.45) is 0. The average molecular weight is 447 g/mol. The number of amides is 1. The van der Waals surface area contributed by atoms with Gasteiger partial charge in [-0.25, -0.2) is 4.39 Å². The largest absolute Gasteiger partial charge is 0.342 e. The van der Waals surface area contributed by atoms with Crippen molar-refractivity contribution in [3.8, 4) is 0 Å². The first-order valence-electron chi connectivity index (χ1n) is 9.30. The highest BCUT2D eigenvalue weighted by Crippen LogP contribution is 2.22. The molecule has 1 N–H and O–H groups in total. The number of hydrogen-bond donors (Lipinski definition) is 1. The van der Waals surface area contributed by atoms with Crippen molar-refractivity contribution < 1.29 is 14.0 Å². The molecule has 9 heteroatoms. The number of nitrogens with zero attached hydrogens (tertiary/aromatic N) is 3. The van der Waals surface area contributed by atoms with Crippen molar-refractivity contribution in [2.45, 2.75) is 31.6 Å². The van der Waals surface area contributed by atoms with Crippen molar-refractivity contribution in [3.63, 3.8) is 0 Å². The van der Waals surface area contributed by atoms with Gasteiger partial charge in [0.15, 0.2) is 16.8 Å². The van der Waals surface area contributed by atoms with Crippen LogP contribution in [0, 0.1) is 5.82 Å². The van der Waals surface area contributed by atoms with Gasteiger partial charge in [0, 0.05) is 17.1 Å². The van der Waals surface area contributed by atoms with Crippen molar-refractivity contribution in [2.75, 3.05) is 5.75 Å². The third-order valence-electron chi connectivity index (χ3n) is 4.41. The zero-order valence-corrected chi connectivity index (χ0v) is 18.0. The standard InChI is InChI=1S/C21H20ClFN4O2S/c1-3-27-19(13(2)24-20(29)16-6-4-5-7-17(16)23)25-26-21(27)30-12-18(28)14-8-10-15(22)11-9-14/h4-11,13H,3,12H2,1-2H3,(H,24,29)/t13-/m0/s1. The van der Waals surface area contributed by atoms with E-state index in [-0.39, 0.29) is 17.1 Å². The summed E-state index contributed by atoms with van der Waals surface area (Å²) in [6, 6.07) is 12.0. The van der Waals surface area contributed by atoms with E-state index in [9.17, 15) is 14.0 Å². The van der Waals surface area contributed by atoms with E-state index in [1.807, 2.05) is 11.5 Å². The first kappa shape index (κ1) is 22.0. The molecule has 0 aliphatic carbocycles. The fourth-order valence-electron chi connectivity index (χ4n) is 2.86. The molecule has 30 heavy (non-hydrogen) atoms.